The van der Waals surface area contributed by atoms with Crippen molar-refractivity contribution in [2.24, 2.45) is 0 Å². The summed E-state index contributed by atoms with van der Waals surface area (Å²) >= 11 is 11.9. The Morgan fingerprint density at radius 2 is 1.66 bits per heavy atom. The van der Waals surface area contributed by atoms with Crippen LogP contribution in [0.4, 0.5) is 5.69 Å². The fourth-order valence-electron chi connectivity index (χ4n) is 3.15. The Morgan fingerprint density at radius 3 is 2.24 bits per heavy atom. The zero-order valence-corrected chi connectivity index (χ0v) is 18.4. The molecule has 0 aliphatic carbocycles. The molecule has 0 unspecified atom stereocenters. The zero-order valence-electron chi connectivity index (χ0n) is 16.1. The lowest BCUT2D eigenvalue weighted by molar-refractivity contribution is 0.102. The second-order valence-electron chi connectivity index (χ2n) is 6.86. The number of benzene rings is 2. The number of carbonyl (C=O) groups excluding carboxylic acids is 1. The summed E-state index contributed by atoms with van der Waals surface area (Å²) in [5, 5.41) is 3.61. The Hall–Kier alpha value is -1.64. The van der Waals surface area contributed by atoms with Crippen molar-refractivity contribution in [1.29, 1.82) is 0 Å². The van der Waals surface area contributed by atoms with Crippen LogP contribution in [0.15, 0.2) is 42.5 Å². The molecule has 2 aromatic rings. The Morgan fingerprint density at radius 1 is 1.00 bits per heavy atom. The Labute approximate surface area is 181 Å². The average Bonchev–Trinajstić information content (AvgIpc) is 2.71. The lowest BCUT2D eigenvalue weighted by Crippen LogP contribution is -2.48. The van der Waals surface area contributed by atoms with Crippen LogP contribution in [-0.2, 0) is 16.6 Å². The van der Waals surface area contributed by atoms with Gasteiger partial charge in [-0.2, -0.15) is 4.31 Å². The normalized spacial score (nSPS) is 16.0. The number of amides is 1. The maximum absolute atomic E-state index is 12.4. The van der Waals surface area contributed by atoms with Gasteiger partial charge in [0.15, 0.2) is 0 Å². The molecule has 156 valence electrons. The molecule has 0 bridgehead atoms. The van der Waals surface area contributed by atoms with Crippen molar-refractivity contribution in [3.05, 3.63) is 63.6 Å². The van der Waals surface area contributed by atoms with Crippen molar-refractivity contribution < 1.29 is 13.2 Å². The van der Waals surface area contributed by atoms with Crippen molar-refractivity contribution in [2.75, 3.05) is 37.2 Å². The lowest BCUT2D eigenvalue weighted by Gasteiger charge is -2.33. The Balaban J connectivity index is 1.55. The highest BCUT2D eigenvalue weighted by Crippen LogP contribution is 2.25. The minimum absolute atomic E-state index is 0.138. The maximum Gasteiger partial charge on any atom is 0.255 e. The SMILES string of the molecule is CCS(=O)(=O)N1CCN(Cc2ccc(C(=O)Nc3ccc(Cl)c(Cl)c3)cc2)CC1. The molecule has 6 nitrogen and oxygen atoms in total. The van der Waals surface area contributed by atoms with E-state index in [0.29, 0.717) is 54.0 Å². The fourth-order valence-corrected chi connectivity index (χ4v) is 4.53. The molecule has 2 aromatic carbocycles. The van der Waals surface area contributed by atoms with Crippen molar-refractivity contribution in [3.8, 4) is 0 Å². The number of piperazine rings is 1. The topological polar surface area (TPSA) is 69.7 Å². The van der Waals surface area contributed by atoms with E-state index in [1.807, 2.05) is 12.1 Å². The molecule has 0 radical (unpaired) electrons. The smallest absolute Gasteiger partial charge is 0.255 e. The number of hydrogen-bond acceptors (Lipinski definition) is 4. The van der Waals surface area contributed by atoms with Crippen molar-refractivity contribution in [1.82, 2.24) is 9.21 Å². The number of nitrogens with one attached hydrogen (secondary N) is 1. The minimum Gasteiger partial charge on any atom is -0.322 e. The number of sulfonamides is 1. The second-order valence-corrected chi connectivity index (χ2v) is 9.93. The average molecular weight is 456 g/mol. The third-order valence-corrected chi connectivity index (χ3v) is 7.51. The van der Waals surface area contributed by atoms with E-state index in [2.05, 4.69) is 10.2 Å². The van der Waals surface area contributed by atoms with Gasteiger partial charge in [0.2, 0.25) is 10.0 Å². The van der Waals surface area contributed by atoms with Crippen molar-refractivity contribution >= 4 is 44.8 Å². The van der Waals surface area contributed by atoms with Crippen LogP contribution in [0.1, 0.15) is 22.8 Å². The minimum atomic E-state index is -3.12. The highest BCUT2D eigenvalue weighted by molar-refractivity contribution is 7.89. The molecule has 3 rings (SSSR count). The number of hydrogen-bond donors (Lipinski definition) is 1. The first kappa shape index (κ1) is 22.1. The molecule has 1 amide bonds. The number of halogens is 2. The van der Waals surface area contributed by atoms with Crippen LogP contribution < -0.4 is 5.32 Å². The summed E-state index contributed by atoms with van der Waals surface area (Å²) in [4.78, 5) is 14.6. The van der Waals surface area contributed by atoms with E-state index in [0.717, 1.165) is 5.56 Å². The van der Waals surface area contributed by atoms with E-state index in [1.165, 1.54) is 0 Å². The molecule has 1 heterocycles. The largest absolute Gasteiger partial charge is 0.322 e. The number of rotatable bonds is 6. The monoisotopic (exact) mass is 455 g/mol. The van der Waals surface area contributed by atoms with Crippen LogP contribution in [0.25, 0.3) is 0 Å². The van der Waals surface area contributed by atoms with Gasteiger partial charge in [0, 0.05) is 44.0 Å². The van der Waals surface area contributed by atoms with Gasteiger partial charge in [-0.05, 0) is 42.8 Å². The van der Waals surface area contributed by atoms with Gasteiger partial charge in [0.25, 0.3) is 5.91 Å². The summed E-state index contributed by atoms with van der Waals surface area (Å²) in [7, 11) is -3.12. The summed E-state index contributed by atoms with van der Waals surface area (Å²) in [5.41, 5.74) is 2.19. The van der Waals surface area contributed by atoms with Crippen LogP contribution in [0.2, 0.25) is 10.0 Å². The molecule has 1 saturated heterocycles. The van der Waals surface area contributed by atoms with Gasteiger partial charge in [-0.1, -0.05) is 35.3 Å². The van der Waals surface area contributed by atoms with Gasteiger partial charge in [-0.3, -0.25) is 9.69 Å². The van der Waals surface area contributed by atoms with Crippen molar-refractivity contribution in [2.45, 2.75) is 13.5 Å². The van der Waals surface area contributed by atoms with Gasteiger partial charge in [-0.25, -0.2) is 8.42 Å². The standard InChI is InChI=1S/C20H23Cl2N3O3S/c1-2-29(27,28)25-11-9-24(10-12-25)14-15-3-5-16(6-4-15)20(26)23-17-7-8-18(21)19(22)13-17/h3-8,13H,2,9-12,14H2,1H3,(H,23,26). The van der Waals surface area contributed by atoms with Gasteiger partial charge in [-0.15, -0.1) is 0 Å². The summed E-state index contributed by atoms with van der Waals surface area (Å²) in [6.45, 7) is 4.80. The molecule has 1 aliphatic heterocycles. The highest BCUT2D eigenvalue weighted by atomic mass is 35.5. The predicted molar refractivity (Wildman–Crippen MR) is 117 cm³/mol. The first-order valence-corrected chi connectivity index (χ1v) is 11.7. The molecular weight excluding hydrogens is 433 g/mol. The van der Waals surface area contributed by atoms with E-state index in [1.54, 1.807) is 41.6 Å². The maximum atomic E-state index is 12.4. The van der Waals surface area contributed by atoms with E-state index in [-0.39, 0.29) is 11.7 Å². The van der Waals surface area contributed by atoms with Crippen molar-refractivity contribution in [3.63, 3.8) is 0 Å². The fraction of sp³-hybridized carbons (Fsp3) is 0.350. The predicted octanol–water partition coefficient (Wildman–Crippen LogP) is 3.71. The molecule has 1 aliphatic rings. The summed E-state index contributed by atoms with van der Waals surface area (Å²) in [6.07, 6.45) is 0. The molecule has 0 atom stereocenters. The van der Waals surface area contributed by atoms with E-state index >= 15 is 0 Å². The lowest BCUT2D eigenvalue weighted by atomic mass is 10.1. The third kappa shape index (κ3) is 5.71. The highest BCUT2D eigenvalue weighted by Gasteiger charge is 2.25. The van der Waals surface area contributed by atoms with Gasteiger partial charge >= 0.3 is 0 Å². The van der Waals surface area contributed by atoms with E-state index < -0.39 is 10.0 Å². The molecule has 29 heavy (non-hydrogen) atoms. The number of carbonyl (C=O) groups is 1. The summed E-state index contributed by atoms with van der Waals surface area (Å²) < 4.78 is 25.4. The molecule has 9 heteroatoms. The number of anilines is 1. The summed E-state index contributed by atoms with van der Waals surface area (Å²) in [6, 6.07) is 12.3. The first-order chi connectivity index (χ1) is 13.8. The Kier molecular flexibility index (Phi) is 7.19. The third-order valence-electron chi connectivity index (χ3n) is 4.89. The molecule has 0 spiro atoms. The van der Waals surface area contributed by atoms with Crippen LogP contribution in [-0.4, -0.2) is 55.5 Å². The molecule has 0 saturated carbocycles. The molecule has 0 aromatic heterocycles. The zero-order chi connectivity index (χ0) is 21.0. The van der Waals surface area contributed by atoms with Gasteiger partial charge in [0.05, 0.1) is 15.8 Å². The molecule has 1 N–H and O–H groups in total. The van der Waals surface area contributed by atoms with Crippen LogP contribution >= 0.6 is 23.2 Å². The Bertz CT molecular complexity index is 973. The second kappa shape index (κ2) is 9.45. The van der Waals surface area contributed by atoms with Crippen LogP contribution in [0, 0.1) is 0 Å². The number of nitrogens with zero attached hydrogens (tertiary/aromatic N) is 2. The summed E-state index contributed by atoms with van der Waals surface area (Å²) in [5.74, 6) is -0.0908. The van der Waals surface area contributed by atoms with E-state index in [4.69, 9.17) is 23.2 Å². The van der Waals surface area contributed by atoms with Crippen LogP contribution in [0.5, 0.6) is 0 Å². The van der Waals surface area contributed by atoms with Crippen LogP contribution in [0.3, 0.4) is 0 Å². The quantitative estimate of drug-likeness (QED) is 0.720. The van der Waals surface area contributed by atoms with Gasteiger partial charge < -0.3 is 5.32 Å². The molecular formula is C20H23Cl2N3O3S. The first-order valence-electron chi connectivity index (χ1n) is 9.34. The van der Waals surface area contributed by atoms with E-state index in [9.17, 15) is 13.2 Å². The van der Waals surface area contributed by atoms with Gasteiger partial charge in [0.1, 0.15) is 0 Å². The molecule has 1 fully saturated rings.